The maximum absolute atomic E-state index is 11.0. The molecule has 1 fully saturated rings. The van der Waals surface area contributed by atoms with Gasteiger partial charge < -0.3 is 10.0 Å². The molecule has 0 aromatic heterocycles. The fourth-order valence-corrected chi connectivity index (χ4v) is 2.91. The maximum Gasteiger partial charge on any atom is 0.310 e. The zero-order chi connectivity index (χ0) is 15.4. The minimum Gasteiger partial charge on any atom is -0.481 e. The van der Waals surface area contributed by atoms with E-state index >= 15 is 0 Å². The van der Waals surface area contributed by atoms with Gasteiger partial charge in [-0.1, -0.05) is 24.3 Å². The molecule has 1 heterocycles. The van der Waals surface area contributed by atoms with Crippen LogP contribution < -0.4 is 0 Å². The second-order valence-corrected chi connectivity index (χ2v) is 6.25. The summed E-state index contributed by atoms with van der Waals surface area (Å²) in [7, 11) is 4.36. The first-order chi connectivity index (χ1) is 9.97. The van der Waals surface area contributed by atoms with Crippen molar-refractivity contribution >= 4 is 5.97 Å². The standard InChI is InChI=1S/C17H26N2O2/c1-13(17(20)21)15-6-4-14(5-7-15)12-19(3)16-8-10-18(2)11-9-16/h4-7,13,16H,8-12H2,1-3H3,(H,20,21). The van der Waals surface area contributed by atoms with Gasteiger partial charge in [-0.05, 0) is 58.1 Å². The molecule has 1 saturated heterocycles. The molecule has 4 nitrogen and oxygen atoms in total. The van der Waals surface area contributed by atoms with Gasteiger partial charge in [0.15, 0.2) is 0 Å². The summed E-state index contributed by atoms with van der Waals surface area (Å²) in [6.07, 6.45) is 2.45. The predicted molar refractivity (Wildman–Crippen MR) is 84.5 cm³/mol. The van der Waals surface area contributed by atoms with Gasteiger partial charge in [-0.15, -0.1) is 0 Å². The van der Waals surface area contributed by atoms with Crippen molar-refractivity contribution in [2.24, 2.45) is 0 Å². The molecule has 1 aromatic carbocycles. The summed E-state index contributed by atoms with van der Waals surface area (Å²) < 4.78 is 0. The molecule has 4 heteroatoms. The van der Waals surface area contributed by atoms with Crippen molar-refractivity contribution in [1.29, 1.82) is 0 Å². The number of aliphatic carboxylic acids is 1. The lowest BCUT2D eigenvalue weighted by molar-refractivity contribution is -0.138. The molecule has 21 heavy (non-hydrogen) atoms. The minimum absolute atomic E-state index is 0.439. The van der Waals surface area contributed by atoms with Crippen molar-refractivity contribution in [3.8, 4) is 0 Å². The first-order valence-corrected chi connectivity index (χ1v) is 7.68. The SMILES string of the molecule is CC(C(=O)O)c1ccc(CN(C)C2CCN(C)CC2)cc1. The molecule has 0 spiro atoms. The summed E-state index contributed by atoms with van der Waals surface area (Å²) in [4.78, 5) is 15.8. The van der Waals surface area contributed by atoms with Gasteiger partial charge in [0.05, 0.1) is 5.92 Å². The second kappa shape index (κ2) is 7.05. The number of piperidine rings is 1. The van der Waals surface area contributed by atoms with Crippen molar-refractivity contribution in [2.75, 3.05) is 27.2 Å². The number of nitrogens with zero attached hydrogens (tertiary/aromatic N) is 2. The minimum atomic E-state index is -0.772. The Labute approximate surface area is 127 Å². The highest BCUT2D eigenvalue weighted by molar-refractivity contribution is 5.75. The van der Waals surface area contributed by atoms with Crippen molar-refractivity contribution in [2.45, 2.75) is 38.3 Å². The van der Waals surface area contributed by atoms with Gasteiger partial charge in [0, 0.05) is 12.6 Å². The molecule has 0 saturated carbocycles. The molecule has 1 unspecified atom stereocenters. The van der Waals surface area contributed by atoms with Crippen molar-refractivity contribution < 1.29 is 9.90 Å². The zero-order valence-corrected chi connectivity index (χ0v) is 13.2. The third-order valence-electron chi connectivity index (χ3n) is 4.59. The molecular weight excluding hydrogens is 264 g/mol. The van der Waals surface area contributed by atoms with Crippen LogP contribution in [0.3, 0.4) is 0 Å². The van der Waals surface area contributed by atoms with E-state index < -0.39 is 11.9 Å². The second-order valence-electron chi connectivity index (χ2n) is 6.25. The Hall–Kier alpha value is -1.39. The number of benzene rings is 1. The molecule has 0 radical (unpaired) electrons. The van der Waals surface area contributed by atoms with Gasteiger partial charge >= 0.3 is 5.97 Å². The average molecular weight is 290 g/mol. The van der Waals surface area contributed by atoms with Crippen LogP contribution in [-0.4, -0.2) is 54.1 Å². The first kappa shape index (κ1) is 16.0. The zero-order valence-electron chi connectivity index (χ0n) is 13.2. The van der Waals surface area contributed by atoms with E-state index in [4.69, 9.17) is 5.11 Å². The molecule has 0 aliphatic carbocycles. The van der Waals surface area contributed by atoms with Gasteiger partial charge in [0.1, 0.15) is 0 Å². The van der Waals surface area contributed by atoms with Crippen LogP contribution in [-0.2, 0) is 11.3 Å². The molecule has 1 aliphatic heterocycles. The molecule has 0 amide bonds. The number of carboxylic acids is 1. The lowest BCUT2D eigenvalue weighted by atomic mass is 9.99. The Bertz CT molecular complexity index is 464. The Morgan fingerprint density at radius 2 is 1.90 bits per heavy atom. The van der Waals surface area contributed by atoms with Gasteiger partial charge in [0.25, 0.3) is 0 Å². The number of rotatable bonds is 5. The normalized spacial score (nSPS) is 18.9. The summed E-state index contributed by atoms with van der Waals surface area (Å²) in [5.74, 6) is -1.21. The van der Waals surface area contributed by atoms with Crippen LogP contribution in [0.1, 0.15) is 36.8 Å². The van der Waals surface area contributed by atoms with Crippen LogP contribution in [0.5, 0.6) is 0 Å². The van der Waals surface area contributed by atoms with Crippen LogP contribution in [0.2, 0.25) is 0 Å². The largest absolute Gasteiger partial charge is 0.481 e. The molecule has 1 aliphatic rings. The van der Waals surface area contributed by atoms with Crippen molar-refractivity contribution in [3.05, 3.63) is 35.4 Å². The van der Waals surface area contributed by atoms with Crippen LogP contribution >= 0.6 is 0 Å². The van der Waals surface area contributed by atoms with Crippen LogP contribution in [0.25, 0.3) is 0 Å². The van der Waals surface area contributed by atoms with Crippen LogP contribution in [0, 0.1) is 0 Å². The summed E-state index contributed by atoms with van der Waals surface area (Å²) in [6, 6.07) is 8.65. The number of carbonyl (C=O) groups is 1. The van der Waals surface area contributed by atoms with Crippen molar-refractivity contribution in [1.82, 2.24) is 9.80 Å². The highest BCUT2D eigenvalue weighted by Gasteiger charge is 2.20. The summed E-state index contributed by atoms with van der Waals surface area (Å²) in [5, 5.41) is 9.03. The molecule has 1 aromatic rings. The smallest absolute Gasteiger partial charge is 0.310 e. The molecule has 116 valence electrons. The van der Waals surface area contributed by atoms with Gasteiger partial charge in [-0.25, -0.2) is 0 Å². The summed E-state index contributed by atoms with van der Waals surface area (Å²) >= 11 is 0. The van der Waals surface area contributed by atoms with Gasteiger partial charge in [0.2, 0.25) is 0 Å². The Kier molecular flexibility index (Phi) is 5.37. The van der Waals surface area contributed by atoms with Crippen LogP contribution in [0.4, 0.5) is 0 Å². The third kappa shape index (κ3) is 4.29. The average Bonchev–Trinajstić information content (AvgIpc) is 2.47. The molecular formula is C17H26N2O2. The van der Waals surface area contributed by atoms with E-state index in [1.165, 1.54) is 31.5 Å². The van der Waals surface area contributed by atoms with E-state index in [9.17, 15) is 4.79 Å². The van der Waals surface area contributed by atoms with E-state index in [-0.39, 0.29) is 0 Å². The number of carboxylic acid groups (broad SMARTS) is 1. The molecule has 0 bridgehead atoms. The fraction of sp³-hybridized carbons (Fsp3) is 0.588. The van der Waals surface area contributed by atoms with E-state index in [0.717, 1.165) is 12.1 Å². The highest BCUT2D eigenvalue weighted by Crippen LogP contribution is 2.19. The monoisotopic (exact) mass is 290 g/mol. The fourth-order valence-electron chi connectivity index (χ4n) is 2.91. The highest BCUT2D eigenvalue weighted by atomic mass is 16.4. The maximum atomic E-state index is 11.0. The predicted octanol–water partition coefficient (Wildman–Crippen LogP) is 2.40. The number of hydrogen-bond acceptors (Lipinski definition) is 3. The topological polar surface area (TPSA) is 43.8 Å². The van der Waals surface area contributed by atoms with Gasteiger partial charge in [-0.3, -0.25) is 9.69 Å². The van der Waals surface area contributed by atoms with E-state index in [0.29, 0.717) is 6.04 Å². The number of hydrogen-bond donors (Lipinski definition) is 1. The lowest BCUT2D eigenvalue weighted by Gasteiger charge is -2.35. The Morgan fingerprint density at radius 3 is 2.43 bits per heavy atom. The number of likely N-dealkylation sites (tertiary alicyclic amines) is 1. The Morgan fingerprint density at radius 1 is 1.33 bits per heavy atom. The molecule has 2 rings (SSSR count). The summed E-state index contributed by atoms with van der Waals surface area (Å²) in [5.41, 5.74) is 2.12. The van der Waals surface area contributed by atoms with Gasteiger partial charge in [-0.2, -0.15) is 0 Å². The molecule has 1 atom stereocenters. The van der Waals surface area contributed by atoms with Crippen LogP contribution in [0.15, 0.2) is 24.3 Å². The third-order valence-corrected chi connectivity index (χ3v) is 4.59. The van der Waals surface area contributed by atoms with E-state index in [1.807, 2.05) is 12.1 Å². The first-order valence-electron chi connectivity index (χ1n) is 7.68. The molecule has 1 N–H and O–H groups in total. The summed E-state index contributed by atoms with van der Waals surface area (Å²) in [6.45, 7) is 4.99. The Balaban J connectivity index is 1.92. The van der Waals surface area contributed by atoms with Crippen molar-refractivity contribution in [3.63, 3.8) is 0 Å². The van der Waals surface area contributed by atoms with E-state index in [1.54, 1.807) is 6.92 Å². The lowest BCUT2D eigenvalue weighted by Crippen LogP contribution is -2.41. The van der Waals surface area contributed by atoms with E-state index in [2.05, 4.69) is 36.0 Å². The quantitative estimate of drug-likeness (QED) is 0.904.